The van der Waals surface area contributed by atoms with Crippen molar-refractivity contribution in [2.75, 3.05) is 31.1 Å². The minimum absolute atomic E-state index is 0.392. The maximum absolute atomic E-state index is 6.32. The van der Waals surface area contributed by atoms with Gasteiger partial charge in [0.1, 0.15) is 0 Å². The molecule has 0 saturated carbocycles. The fourth-order valence-corrected chi connectivity index (χ4v) is 4.75. The lowest BCUT2D eigenvalue weighted by Crippen LogP contribution is -2.38. The van der Waals surface area contributed by atoms with Gasteiger partial charge in [0.2, 0.25) is 0 Å². The largest absolute Gasteiger partial charge is 0.373 e. The molecule has 5 heteroatoms. The molecular weight excluding hydrogens is 330 g/mol. The van der Waals surface area contributed by atoms with Crippen LogP contribution in [-0.4, -0.2) is 57.8 Å². The summed E-state index contributed by atoms with van der Waals surface area (Å²) in [5, 5.41) is 0. The molecule has 1 aromatic carbocycles. The van der Waals surface area contributed by atoms with E-state index in [9.17, 15) is 0 Å². The predicted molar refractivity (Wildman–Crippen MR) is 103 cm³/mol. The Balaban J connectivity index is 1.25. The summed E-state index contributed by atoms with van der Waals surface area (Å²) in [6.45, 7) is 4.47. The molecule has 2 aromatic rings. The van der Waals surface area contributed by atoms with Crippen molar-refractivity contribution in [2.24, 2.45) is 0 Å². The molecule has 134 valence electrons. The first-order valence-electron chi connectivity index (χ1n) is 9.34. The Labute approximate surface area is 154 Å². The second kappa shape index (κ2) is 8.39. The van der Waals surface area contributed by atoms with Crippen LogP contribution in [0.5, 0.6) is 0 Å². The van der Waals surface area contributed by atoms with Gasteiger partial charge >= 0.3 is 0 Å². The predicted octanol–water partition coefficient (Wildman–Crippen LogP) is 3.07. The number of hydrogen-bond donors (Lipinski definition) is 0. The molecule has 0 spiro atoms. The maximum Gasteiger partial charge on any atom is 0.0949 e. The van der Waals surface area contributed by atoms with E-state index in [1.54, 1.807) is 0 Å². The van der Waals surface area contributed by atoms with Crippen molar-refractivity contribution in [3.63, 3.8) is 0 Å². The van der Waals surface area contributed by atoms with E-state index in [2.05, 4.69) is 50.5 Å². The molecule has 25 heavy (non-hydrogen) atoms. The van der Waals surface area contributed by atoms with E-state index in [-0.39, 0.29) is 0 Å². The third-order valence-corrected chi connectivity index (χ3v) is 6.11. The van der Waals surface area contributed by atoms with Gasteiger partial charge in [-0.15, -0.1) is 0 Å². The highest BCUT2D eigenvalue weighted by atomic mass is 32.2. The van der Waals surface area contributed by atoms with E-state index in [0.717, 1.165) is 19.5 Å². The average Bonchev–Trinajstić information content (AvgIpc) is 3.30. The van der Waals surface area contributed by atoms with Gasteiger partial charge in [-0.05, 0) is 30.4 Å². The molecule has 0 radical (unpaired) electrons. The summed E-state index contributed by atoms with van der Waals surface area (Å²) in [5.41, 5.74) is 2.70. The smallest absolute Gasteiger partial charge is 0.0949 e. The van der Waals surface area contributed by atoms with E-state index < -0.39 is 0 Å². The topological polar surface area (TPSA) is 30.3 Å². The van der Waals surface area contributed by atoms with Crippen molar-refractivity contribution in [3.8, 4) is 0 Å². The van der Waals surface area contributed by atoms with E-state index >= 15 is 0 Å². The first-order chi connectivity index (χ1) is 12.3. The van der Waals surface area contributed by atoms with Gasteiger partial charge in [-0.2, -0.15) is 11.8 Å². The summed E-state index contributed by atoms with van der Waals surface area (Å²) in [6, 6.07) is 8.97. The second-order valence-corrected chi connectivity index (χ2v) is 8.35. The van der Waals surface area contributed by atoms with Crippen LogP contribution >= 0.6 is 11.8 Å². The highest BCUT2D eigenvalue weighted by Crippen LogP contribution is 2.24. The number of thioether (sulfide) groups is 1. The minimum atomic E-state index is 0.392. The molecular formula is C20H27N3OS. The van der Waals surface area contributed by atoms with Crippen LogP contribution in [0.4, 0.5) is 0 Å². The molecule has 2 atom stereocenters. The lowest BCUT2D eigenvalue weighted by Gasteiger charge is -2.28. The first kappa shape index (κ1) is 17.1. The molecule has 4 nitrogen and oxygen atoms in total. The Kier molecular flexibility index (Phi) is 5.75. The third-order valence-electron chi connectivity index (χ3n) is 5.17. The Morgan fingerprint density at radius 2 is 1.80 bits per heavy atom. The van der Waals surface area contributed by atoms with Crippen molar-refractivity contribution in [1.29, 1.82) is 0 Å². The molecule has 2 aliphatic rings. The highest BCUT2D eigenvalue weighted by molar-refractivity contribution is 7.99. The molecule has 0 aliphatic carbocycles. The Morgan fingerprint density at radius 3 is 2.56 bits per heavy atom. The normalized spacial score (nSPS) is 24.6. The maximum atomic E-state index is 6.32. The standard InChI is InChI=1S/C20H27N3OS/c1-3-18(14-23-8-7-21-16-23)4-2-17(1)13-19-5-6-20(24-19)15-22-9-11-25-12-10-22/h1-4,7-8,16,19-20H,5-6,9-15H2/t19-,20+/m0/s1. The van der Waals surface area contributed by atoms with E-state index in [0.29, 0.717) is 12.2 Å². The Hall–Kier alpha value is -1.30. The number of hydrogen-bond acceptors (Lipinski definition) is 4. The van der Waals surface area contributed by atoms with Crippen LogP contribution in [0.1, 0.15) is 24.0 Å². The van der Waals surface area contributed by atoms with Crippen molar-refractivity contribution < 1.29 is 4.74 Å². The number of ether oxygens (including phenoxy) is 1. The molecule has 3 heterocycles. The lowest BCUT2D eigenvalue weighted by atomic mass is 10.0. The molecule has 1 aromatic heterocycles. The zero-order valence-corrected chi connectivity index (χ0v) is 15.5. The van der Waals surface area contributed by atoms with E-state index in [1.807, 2.05) is 18.7 Å². The molecule has 0 unspecified atom stereocenters. The molecule has 0 bridgehead atoms. The highest BCUT2D eigenvalue weighted by Gasteiger charge is 2.27. The third kappa shape index (κ3) is 4.87. The molecule has 2 fully saturated rings. The fourth-order valence-electron chi connectivity index (χ4n) is 3.77. The number of imidazole rings is 1. The number of aromatic nitrogens is 2. The van der Waals surface area contributed by atoms with Crippen LogP contribution in [-0.2, 0) is 17.7 Å². The van der Waals surface area contributed by atoms with Crippen LogP contribution < -0.4 is 0 Å². The Bertz CT molecular complexity index is 637. The molecule has 2 aliphatic heterocycles. The van der Waals surface area contributed by atoms with Gasteiger partial charge in [0.15, 0.2) is 0 Å². The quantitative estimate of drug-likeness (QED) is 0.795. The van der Waals surface area contributed by atoms with Gasteiger partial charge in [0.05, 0.1) is 18.5 Å². The van der Waals surface area contributed by atoms with Gasteiger partial charge in [0, 0.05) is 50.1 Å². The summed E-state index contributed by atoms with van der Waals surface area (Å²) >= 11 is 2.07. The SMILES string of the molecule is c1cn(Cc2ccc(C[C@@H]3CC[C@H](CN4CCSCC4)O3)cc2)cn1. The van der Waals surface area contributed by atoms with Crippen LogP contribution in [0.2, 0.25) is 0 Å². The lowest BCUT2D eigenvalue weighted by molar-refractivity contribution is 0.0251. The monoisotopic (exact) mass is 357 g/mol. The average molecular weight is 358 g/mol. The summed E-state index contributed by atoms with van der Waals surface area (Å²) in [5.74, 6) is 2.56. The molecule has 0 N–H and O–H groups in total. The van der Waals surface area contributed by atoms with Gasteiger partial charge in [0.25, 0.3) is 0 Å². The van der Waals surface area contributed by atoms with Crippen molar-refractivity contribution in [2.45, 2.75) is 38.0 Å². The van der Waals surface area contributed by atoms with Gasteiger partial charge in [-0.25, -0.2) is 4.98 Å². The summed E-state index contributed by atoms with van der Waals surface area (Å²) in [6.07, 6.45) is 9.97. The summed E-state index contributed by atoms with van der Waals surface area (Å²) < 4.78 is 8.42. The first-order valence-corrected chi connectivity index (χ1v) is 10.5. The number of rotatable bonds is 6. The van der Waals surface area contributed by atoms with Crippen molar-refractivity contribution in [1.82, 2.24) is 14.5 Å². The number of benzene rings is 1. The second-order valence-electron chi connectivity index (χ2n) is 7.13. The van der Waals surface area contributed by atoms with E-state index in [1.165, 1.54) is 48.6 Å². The molecule has 4 rings (SSSR count). The van der Waals surface area contributed by atoms with Crippen LogP contribution in [0.15, 0.2) is 43.0 Å². The van der Waals surface area contributed by atoms with Gasteiger partial charge in [-0.1, -0.05) is 24.3 Å². The van der Waals surface area contributed by atoms with Gasteiger partial charge in [-0.3, -0.25) is 4.90 Å². The molecule has 0 amide bonds. The Morgan fingerprint density at radius 1 is 1.04 bits per heavy atom. The summed E-state index contributed by atoms with van der Waals surface area (Å²) in [4.78, 5) is 6.67. The van der Waals surface area contributed by atoms with Gasteiger partial charge < -0.3 is 9.30 Å². The minimum Gasteiger partial charge on any atom is -0.373 e. The van der Waals surface area contributed by atoms with E-state index in [4.69, 9.17) is 4.74 Å². The fraction of sp³-hybridized carbons (Fsp3) is 0.550. The zero-order valence-electron chi connectivity index (χ0n) is 14.7. The number of nitrogens with zero attached hydrogens (tertiary/aromatic N) is 3. The zero-order chi connectivity index (χ0) is 16.9. The van der Waals surface area contributed by atoms with Crippen LogP contribution in [0, 0.1) is 0 Å². The summed E-state index contributed by atoms with van der Waals surface area (Å²) in [7, 11) is 0. The van der Waals surface area contributed by atoms with Crippen LogP contribution in [0.25, 0.3) is 0 Å². The van der Waals surface area contributed by atoms with Crippen molar-refractivity contribution in [3.05, 3.63) is 54.1 Å². The molecule has 2 saturated heterocycles. The van der Waals surface area contributed by atoms with Crippen LogP contribution in [0.3, 0.4) is 0 Å². The van der Waals surface area contributed by atoms with Crippen molar-refractivity contribution >= 4 is 11.8 Å².